The number of amides is 1. The molecule has 0 spiro atoms. The topological polar surface area (TPSA) is 41.6 Å². The Morgan fingerprint density at radius 2 is 2.20 bits per heavy atom. The number of likely N-dealkylation sites (N-methyl/N-ethyl adjacent to an activating group) is 1. The normalized spacial score (nSPS) is 18.0. The highest BCUT2D eigenvalue weighted by atomic mass is 16.5. The summed E-state index contributed by atoms with van der Waals surface area (Å²) in [6.07, 6.45) is 2.36. The summed E-state index contributed by atoms with van der Waals surface area (Å²) in [5.41, 5.74) is 1.65. The van der Waals surface area contributed by atoms with Gasteiger partial charge in [-0.15, -0.1) is 0 Å². The Labute approximate surface area is 121 Å². The van der Waals surface area contributed by atoms with Gasteiger partial charge in [0.25, 0.3) is 5.91 Å². The number of hydrogen-bond acceptors (Lipinski definition) is 3. The molecule has 20 heavy (non-hydrogen) atoms. The van der Waals surface area contributed by atoms with Gasteiger partial charge < -0.3 is 15.0 Å². The zero-order valence-electron chi connectivity index (χ0n) is 12.4. The molecule has 1 fully saturated rings. The van der Waals surface area contributed by atoms with E-state index in [1.165, 1.54) is 0 Å². The van der Waals surface area contributed by atoms with Crippen LogP contribution in [0.1, 0.15) is 37.0 Å². The van der Waals surface area contributed by atoms with Crippen LogP contribution >= 0.6 is 0 Å². The SMILES string of the molecule is CCNc1ccccc1C(=O)N(CC)CC1CCCO1. The van der Waals surface area contributed by atoms with Crippen LogP contribution < -0.4 is 5.32 Å². The number of carbonyl (C=O) groups is 1. The molecule has 1 aliphatic heterocycles. The van der Waals surface area contributed by atoms with Gasteiger partial charge in [-0.25, -0.2) is 0 Å². The fourth-order valence-corrected chi connectivity index (χ4v) is 2.57. The quantitative estimate of drug-likeness (QED) is 0.868. The van der Waals surface area contributed by atoms with Crippen LogP contribution in [-0.2, 0) is 4.74 Å². The molecule has 110 valence electrons. The lowest BCUT2D eigenvalue weighted by atomic mass is 10.1. The van der Waals surface area contributed by atoms with Gasteiger partial charge >= 0.3 is 0 Å². The van der Waals surface area contributed by atoms with Crippen LogP contribution in [0.5, 0.6) is 0 Å². The standard InChI is InChI=1S/C16H24N2O2/c1-3-17-15-10-6-5-9-14(15)16(19)18(4-2)12-13-8-7-11-20-13/h5-6,9-10,13,17H,3-4,7-8,11-12H2,1-2H3. The number of ether oxygens (including phenoxy) is 1. The molecule has 4 heteroatoms. The average Bonchev–Trinajstić information content (AvgIpc) is 2.98. The third kappa shape index (κ3) is 3.51. The third-order valence-corrected chi connectivity index (χ3v) is 3.64. The molecule has 1 amide bonds. The Bertz CT molecular complexity index is 442. The average molecular weight is 276 g/mol. The molecule has 2 rings (SSSR count). The van der Waals surface area contributed by atoms with Crippen LogP contribution in [-0.4, -0.2) is 43.2 Å². The summed E-state index contributed by atoms with van der Waals surface area (Å²) in [6.45, 7) is 7.08. The Balaban J connectivity index is 2.10. The summed E-state index contributed by atoms with van der Waals surface area (Å²) in [7, 11) is 0. The van der Waals surface area contributed by atoms with Gasteiger partial charge in [0.1, 0.15) is 0 Å². The molecular weight excluding hydrogens is 252 g/mol. The monoisotopic (exact) mass is 276 g/mol. The van der Waals surface area contributed by atoms with E-state index in [2.05, 4.69) is 5.32 Å². The van der Waals surface area contributed by atoms with Crippen molar-refractivity contribution < 1.29 is 9.53 Å². The van der Waals surface area contributed by atoms with E-state index in [-0.39, 0.29) is 12.0 Å². The number of nitrogens with one attached hydrogen (secondary N) is 1. The van der Waals surface area contributed by atoms with Crippen molar-refractivity contribution in [1.29, 1.82) is 0 Å². The molecule has 0 aromatic heterocycles. The van der Waals surface area contributed by atoms with Crippen molar-refractivity contribution in [2.75, 3.05) is 31.6 Å². The number of anilines is 1. The maximum absolute atomic E-state index is 12.7. The molecule has 1 saturated heterocycles. The second kappa shape index (κ2) is 7.29. The van der Waals surface area contributed by atoms with Crippen LogP contribution in [0.4, 0.5) is 5.69 Å². The van der Waals surface area contributed by atoms with Crippen molar-refractivity contribution in [2.24, 2.45) is 0 Å². The molecule has 1 atom stereocenters. The van der Waals surface area contributed by atoms with E-state index in [0.717, 1.165) is 37.2 Å². The maximum Gasteiger partial charge on any atom is 0.256 e. The first kappa shape index (κ1) is 14.9. The third-order valence-electron chi connectivity index (χ3n) is 3.64. The molecule has 1 aromatic carbocycles. The zero-order chi connectivity index (χ0) is 14.4. The van der Waals surface area contributed by atoms with Gasteiger partial charge in [-0.2, -0.15) is 0 Å². The number of nitrogens with zero attached hydrogens (tertiary/aromatic N) is 1. The number of para-hydroxylation sites is 1. The van der Waals surface area contributed by atoms with Gasteiger partial charge in [0.2, 0.25) is 0 Å². The van der Waals surface area contributed by atoms with Crippen LogP contribution in [0.25, 0.3) is 0 Å². The van der Waals surface area contributed by atoms with E-state index >= 15 is 0 Å². The number of benzene rings is 1. The van der Waals surface area contributed by atoms with E-state index in [1.807, 2.05) is 43.0 Å². The Hall–Kier alpha value is -1.55. The van der Waals surface area contributed by atoms with Gasteiger partial charge in [0.05, 0.1) is 11.7 Å². The molecule has 4 nitrogen and oxygen atoms in total. The highest BCUT2D eigenvalue weighted by Gasteiger charge is 2.23. The number of carbonyl (C=O) groups excluding carboxylic acids is 1. The first-order valence-electron chi connectivity index (χ1n) is 7.50. The first-order chi connectivity index (χ1) is 9.76. The second-order valence-electron chi connectivity index (χ2n) is 5.05. The summed E-state index contributed by atoms with van der Waals surface area (Å²) in [5.74, 6) is 0.0829. The Morgan fingerprint density at radius 1 is 1.40 bits per heavy atom. The predicted octanol–water partition coefficient (Wildman–Crippen LogP) is 2.76. The summed E-state index contributed by atoms with van der Waals surface area (Å²) in [4.78, 5) is 14.6. The van der Waals surface area contributed by atoms with E-state index in [9.17, 15) is 4.79 Å². The lowest BCUT2D eigenvalue weighted by Gasteiger charge is -2.25. The van der Waals surface area contributed by atoms with Gasteiger partial charge in [-0.1, -0.05) is 12.1 Å². The minimum Gasteiger partial charge on any atom is -0.385 e. The van der Waals surface area contributed by atoms with Gasteiger partial charge in [-0.05, 0) is 38.8 Å². The predicted molar refractivity (Wildman–Crippen MR) is 81.2 cm³/mol. The summed E-state index contributed by atoms with van der Waals surface area (Å²) in [6, 6.07) is 7.70. The Kier molecular flexibility index (Phi) is 5.41. The summed E-state index contributed by atoms with van der Waals surface area (Å²) in [5, 5.41) is 3.25. The van der Waals surface area contributed by atoms with Gasteiger partial charge in [0, 0.05) is 31.9 Å². The molecule has 0 saturated carbocycles. The Morgan fingerprint density at radius 3 is 2.85 bits per heavy atom. The molecule has 1 aliphatic rings. The maximum atomic E-state index is 12.7. The lowest BCUT2D eigenvalue weighted by molar-refractivity contribution is 0.0540. The van der Waals surface area contributed by atoms with Crippen molar-refractivity contribution in [3.63, 3.8) is 0 Å². The smallest absolute Gasteiger partial charge is 0.256 e. The molecule has 1 unspecified atom stereocenters. The van der Waals surface area contributed by atoms with Crippen molar-refractivity contribution in [2.45, 2.75) is 32.8 Å². The van der Waals surface area contributed by atoms with E-state index in [4.69, 9.17) is 4.74 Å². The van der Waals surface area contributed by atoms with Crippen LogP contribution in [0.15, 0.2) is 24.3 Å². The van der Waals surface area contributed by atoms with Crippen LogP contribution in [0.2, 0.25) is 0 Å². The zero-order valence-corrected chi connectivity index (χ0v) is 12.4. The minimum atomic E-state index is 0.0829. The van der Waals surface area contributed by atoms with Crippen molar-refractivity contribution >= 4 is 11.6 Å². The molecular formula is C16H24N2O2. The van der Waals surface area contributed by atoms with Crippen molar-refractivity contribution in [3.05, 3.63) is 29.8 Å². The summed E-state index contributed by atoms with van der Waals surface area (Å²) < 4.78 is 5.64. The molecule has 0 aliphatic carbocycles. The number of hydrogen-bond donors (Lipinski definition) is 1. The highest BCUT2D eigenvalue weighted by Crippen LogP contribution is 2.19. The molecule has 0 bridgehead atoms. The van der Waals surface area contributed by atoms with E-state index in [0.29, 0.717) is 13.1 Å². The first-order valence-corrected chi connectivity index (χ1v) is 7.50. The number of rotatable bonds is 6. The fourth-order valence-electron chi connectivity index (χ4n) is 2.57. The van der Waals surface area contributed by atoms with Crippen LogP contribution in [0, 0.1) is 0 Å². The molecule has 1 aromatic rings. The van der Waals surface area contributed by atoms with Crippen molar-refractivity contribution in [3.8, 4) is 0 Å². The highest BCUT2D eigenvalue weighted by molar-refractivity contribution is 5.99. The van der Waals surface area contributed by atoms with Gasteiger partial charge in [-0.3, -0.25) is 4.79 Å². The summed E-state index contributed by atoms with van der Waals surface area (Å²) >= 11 is 0. The van der Waals surface area contributed by atoms with Gasteiger partial charge in [0.15, 0.2) is 0 Å². The fraction of sp³-hybridized carbons (Fsp3) is 0.562. The van der Waals surface area contributed by atoms with Crippen LogP contribution in [0.3, 0.4) is 0 Å². The van der Waals surface area contributed by atoms with E-state index < -0.39 is 0 Å². The van der Waals surface area contributed by atoms with Crippen molar-refractivity contribution in [1.82, 2.24) is 4.90 Å². The lowest BCUT2D eigenvalue weighted by Crippen LogP contribution is -2.37. The molecule has 1 N–H and O–H groups in total. The molecule has 1 heterocycles. The van der Waals surface area contributed by atoms with E-state index in [1.54, 1.807) is 0 Å². The largest absolute Gasteiger partial charge is 0.385 e. The molecule has 0 radical (unpaired) electrons. The second-order valence-corrected chi connectivity index (χ2v) is 5.05. The minimum absolute atomic E-state index is 0.0829.